The van der Waals surface area contributed by atoms with E-state index in [1.54, 1.807) is 6.92 Å². The van der Waals surface area contributed by atoms with E-state index in [0.717, 1.165) is 6.92 Å². The molecule has 20 nitrogen and oxygen atoms in total. The average molecular weight is 802 g/mol. The Kier molecular flexibility index (Phi) is 24.0. The number of rotatable bonds is 32. The molecular formula is C36H55N3O17. The number of carbonyl (C=O) groups excluding carboxylic acids is 6. The summed E-state index contributed by atoms with van der Waals surface area (Å²) in [6.45, 7) is 4.25. The molecule has 0 unspecified atom stereocenters. The molecule has 9 N–H and O–H groups in total. The van der Waals surface area contributed by atoms with Crippen LogP contribution in [0.5, 0.6) is 0 Å². The van der Waals surface area contributed by atoms with Gasteiger partial charge >= 0.3 is 29.8 Å². The minimum atomic E-state index is -1.58. The third-order valence-corrected chi connectivity index (χ3v) is 9.08. The molecule has 20 heteroatoms. The number of aliphatic hydroxyl groups is 1. The SMILES string of the molecule is CC(=O)N[C@@H](CCC(=O)C[C@@H](CCC(=O)N[C@@H](CCC(=O)C[C@@H](CCC(=O)NCCCC[C@H](C)C(=O)C[C@H](C(=O)O)[C@@H](C)O)C(=O)O)C(=O)O)C(=O)O)C(=O)O. The van der Waals surface area contributed by atoms with Crippen molar-refractivity contribution in [1.82, 2.24) is 16.0 Å². The van der Waals surface area contributed by atoms with E-state index in [1.165, 1.54) is 6.92 Å². The van der Waals surface area contributed by atoms with Crippen molar-refractivity contribution < 1.29 is 83.4 Å². The summed E-state index contributed by atoms with van der Waals surface area (Å²) in [4.78, 5) is 131. The van der Waals surface area contributed by atoms with E-state index in [-0.39, 0.29) is 50.9 Å². The lowest BCUT2D eigenvalue weighted by atomic mass is 9.89. The molecule has 0 saturated heterocycles. The monoisotopic (exact) mass is 801 g/mol. The number of Topliss-reactive ketones (excluding diaryl/α,β-unsaturated/α-hetero) is 3. The van der Waals surface area contributed by atoms with Crippen LogP contribution in [0.3, 0.4) is 0 Å². The van der Waals surface area contributed by atoms with Crippen LogP contribution in [0, 0.1) is 23.7 Å². The first kappa shape index (κ1) is 50.7. The maximum Gasteiger partial charge on any atom is 0.326 e. The Morgan fingerprint density at radius 2 is 0.982 bits per heavy atom. The molecule has 7 atom stereocenters. The predicted molar refractivity (Wildman–Crippen MR) is 192 cm³/mol. The molecule has 0 radical (unpaired) electrons. The van der Waals surface area contributed by atoms with E-state index < -0.39 is 133 Å². The summed E-state index contributed by atoms with van der Waals surface area (Å²) >= 11 is 0. The second-order valence-electron chi connectivity index (χ2n) is 13.9. The maximum atomic E-state index is 12.6. The number of unbranched alkanes of at least 4 members (excludes halogenated alkanes) is 1. The van der Waals surface area contributed by atoms with Crippen molar-refractivity contribution in [3.05, 3.63) is 0 Å². The van der Waals surface area contributed by atoms with Gasteiger partial charge in [-0.05, 0) is 45.4 Å². The smallest absolute Gasteiger partial charge is 0.326 e. The maximum absolute atomic E-state index is 12.6. The number of ketones is 3. The number of hydrogen-bond acceptors (Lipinski definition) is 12. The summed E-state index contributed by atoms with van der Waals surface area (Å²) < 4.78 is 0. The normalized spacial score (nSPS) is 14.7. The number of aliphatic carboxylic acids is 5. The molecule has 0 heterocycles. The topological polar surface area (TPSA) is 345 Å². The summed E-state index contributed by atoms with van der Waals surface area (Å²) in [5.41, 5.74) is 0. The minimum absolute atomic E-state index is 0.200. The lowest BCUT2D eigenvalue weighted by Crippen LogP contribution is -2.41. The molecule has 316 valence electrons. The van der Waals surface area contributed by atoms with Crippen molar-refractivity contribution >= 4 is 64.9 Å². The van der Waals surface area contributed by atoms with Crippen molar-refractivity contribution in [3.63, 3.8) is 0 Å². The van der Waals surface area contributed by atoms with Crippen LogP contribution >= 0.6 is 0 Å². The Bertz CT molecular complexity index is 1430. The van der Waals surface area contributed by atoms with Crippen LogP contribution in [0.2, 0.25) is 0 Å². The highest BCUT2D eigenvalue weighted by atomic mass is 16.4. The van der Waals surface area contributed by atoms with E-state index in [1.807, 2.05) is 0 Å². The second-order valence-corrected chi connectivity index (χ2v) is 13.9. The van der Waals surface area contributed by atoms with Gasteiger partial charge in [0, 0.05) is 64.3 Å². The van der Waals surface area contributed by atoms with Crippen molar-refractivity contribution in [3.8, 4) is 0 Å². The number of carboxylic acids is 5. The van der Waals surface area contributed by atoms with Crippen LogP contribution in [0.4, 0.5) is 0 Å². The number of carboxylic acid groups (broad SMARTS) is 5. The van der Waals surface area contributed by atoms with Crippen LogP contribution < -0.4 is 16.0 Å². The molecular weight excluding hydrogens is 746 g/mol. The molecule has 0 rings (SSSR count). The Balaban J connectivity index is 4.77. The van der Waals surface area contributed by atoms with Gasteiger partial charge < -0.3 is 46.6 Å². The molecule has 0 bridgehead atoms. The zero-order chi connectivity index (χ0) is 43.1. The Morgan fingerprint density at radius 1 is 0.518 bits per heavy atom. The molecule has 0 aliphatic rings. The van der Waals surface area contributed by atoms with Gasteiger partial charge in [0.1, 0.15) is 29.4 Å². The third-order valence-electron chi connectivity index (χ3n) is 9.08. The zero-order valence-electron chi connectivity index (χ0n) is 31.8. The molecule has 0 aliphatic carbocycles. The molecule has 0 aromatic heterocycles. The molecule has 56 heavy (non-hydrogen) atoms. The Labute approximate surface area is 323 Å². The number of amides is 3. The van der Waals surface area contributed by atoms with E-state index in [4.69, 9.17) is 10.2 Å². The van der Waals surface area contributed by atoms with E-state index in [2.05, 4.69) is 16.0 Å². The predicted octanol–water partition coefficient (Wildman–Crippen LogP) is 0.549. The van der Waals surface area contributed by atoms with Crippen molar-refractivity contribution in [2.24, 2.45) is 23.7 Å². The molecule has 0 aliphatic heterocycles. The molecule has 0 spiro atoms. The van der Waals surface area contributed by atoms with Gasteiger partial charge in [0.15, 0.2) is 0 Å². The fourth-order valence-electron chi connectivity index (χ4n) is 5.56. The number of carbonyl (C=O) groups is 11. The Hall–Kier alpha value is -5.27. The fraction of sp³-hybridized carbons (Fsp3) is 0.694. The quantitative estimate of drug-likeness (QED) is 0.0419. The highest BCUT2D eigenvalue weighted by molar-refractivity contribution is 5.88. The average Bonchev–Trinajstić information content (AvgIpc) is 3.09. The second kappa shape index (κ2) is 26.5. The molecule has 0 aromatic rings. The van der Waals surface area contributed by atoms with Crippen LogP contribution in [0.15, 0.2) is 0 Å². The molecule has 0 aromatic carbocycles. The summed E-state index contributed by atoms with van der Waals surface area (Å²) in [7, 11) is 0. The van der Waals surface area contributed by atoms with Gasteiger partial charge in [0.2, 0.25) is 17.7 Å². The summed E-state index contributed by atoms with van der Waals surface area (Å²) in [6, 6.07) is -2.94. The van der Waals surface area contributed by atoms with Crippen molar-refractivity contribution in [2.45, 2.75) is 129 Å². The van der Waals surface area contributed by atoms with Crippen LogP contribution in [-0.4, -0.2) is 120 Å². The lowest BCUT2D eigenvalue weighted by Gasteiger charge is -2.17. The van der Waals surface area contributed by atoms with Crippen LogP contribution in [0.1, 0.15) is 111 Å². The summed E-state index contributed by atoms with van der Waals surface area (Å²) in [6.07, 6.45) is -3.95. The lowest BCUT2D eigenvalue weighted by molar-refractivity contribution is -0.148. The fourth-order valence-corrected chi connectivity index (χ4v) is 5.56. The highest BCUT2D eigenvalue weighted by Gasteiger charge is 2.29. The van der Waals surface area contributed by atoms with Gasteiger partial charge in [-0.3, -0.25) is 43.2 Å². The summed E-state index contributed by atoms with van der Waals surface area (Å²) in [5.74, 6) is -14.8. The number of aliphatic hydroxyl groups excluding tert-OH is 1. The van der Waals surface area contributed by atoms with Crippen LogP contribution in [0.25, 0.3) is 0 Å². The highest BCUT2D eigenvalue weighted by Crippen LogP contribution is 2.19. The zero-order valence-corrected chi connectivity index (χ0v) is 31.8. The number of hydrogen-bond donors (Lipinski definition) is 9. The first-order chi connectivity index (χ1) is 26.0. The third kappa shape index (κ3) is 22.2. The summed E-state index contributed by atoms with van der Waals surface area (Å²) in [5, 5.41) is 63.4. The van der Waals surface area contributed by atoms with Gasteiger partial charge in [-0.15, -0.1) is 0 Å². The van der Waals surface area contributed by atoms with E-state index in [0.29, 0.717) is 19.3 Å². The van der Waals surface area contributed by atoms with Crippen molar-refractivity contribution in [2.75, 3.05) is 6.54 Å². The molecule has 3 amide bonds. The van der Waals surface area contributed by atoms with Crippen molar-refractivity contribution in [1.29, 1.82) is 0 Å². The van der Waals surface area contributed by atoms with Gasteiger partial charge in [0.25, 0.3) is 0 Å². The van der Waals surface area contributed by atoms with Gasteiger partial charge in [-0.2, -0.15) is 0 Å². The van der Waals surface area contributed by atoms with Gasteiger partial charge in [-0.25, -0.2) is 9.59 Å². The first-order valence-corrected chi connectivity index (χ1v) is 18.3. The van der Waals surface area contributed by atoms with E-state index >= 15 is 0 Å². The Morgan fingerprint density at radius 3 is 1.39 bits per heavy atom. The van der Waals surface area contributed by atoms with E-state index in [9.17, 15) is 73.2 Å². The number of nitrogens with one attached hydrogen (secondary N) is 3. The largest absolute Gasteiger partial charge is 0.481 e. The standard InChI is InChI=1S/C36H55N3O17/c1-19(29(44)18-26(20(2)40)34(51)52)6-4-5-15-37-30(45)13-7-22(32(47)48)16-25(43)10-12-28(36(55)56)39-31(46)14-8-23(33(49)50)17-24(42)9-11-27(35(53)54)38-21(3)41/h19-20,22-23,26-28,40H,4-18H2,1-3H3,(H,37,45)(H,38,41)(H,39,46)(H,47,48)(H,49,50)(H,51,52)(H,53,54)(H,55,56)/t19-,20+,22+,23+,26-,27-,28-/m0/s1. The van der Waals surface area contributed by atoms with Gasteiger partial charge in [0.05, 0.1) is 23.9 Å². The minimum Gasteiger partial charge on any atom is -0.481 e. The molecule has 0 saturated carbocycles. The first-order valence-electron chi connectivity index (χ1n) is 18.3. The molecule has 0 fully saturated rings. The van der Waals surface area contributed by atoms with Gasteiger partial charge in [-0.1, -0.05) is 13.3 Å². The van der Waals surface area contributed by atoms with Crippen LogP contribution in [-0.2, 0) is 52.7 Å².